The second kappa shape index (κ2) is 8.87. The number of Topliss-reactive ketones (excluding diaryl/α,β-unsaturated/α-hetero) is 1. The van der Waals surface area contributed by atoms with Gasteiger partial charge in [0, 0.05) is 24.5 Å². The fourth-order valence-corrected chi connectivity index (χ4v) is 3.29. The van der Waals surface area contributed by atoms with Gasteiger partial charge in [-0.15, -0.1) is 0 Å². The van der Waals surface area contributed by atoms with Gasteiger partial charge in [0.15, 0.2) is 0 Å². The Morgan fingerprint density at radius 2 is 1.93 bits per heavy atom. The molecule has 0 aliphatic carbocycles. The molecule has 7 nitrogen and oxygen atoms in total. The van der Waals surface area contributed by atoms with Crippen LogP contribution in [0.5, 0.6) is 5.75 Å². The number of carbonyl (C=O) groups is 2. The van der Waals surface area contributed by atoms with Gasteiger partial charge in [-0.1, -0.05) is 6.07 Å². The number of aromatic nitrogens is 1. The molecule has 152 valence electrons. The molecule has 1 unspecified atom stereocenters. The molecule has 0 radical (unpaired) electrons. The highest BCUT2D eigenvalue weighted by Crippen LogP contribution is 2.39. The maximum absolute atomic E-state index is 12.8. The Bertz CT molecular complexity index is 907. The first kappa shape index (κ1) is 20.5. The number of pyridine rings is 1. The summed E-state index contributed by atoms with van der Waals surface area (Å²) >= 11 is 0. The Morgan fingerprint density at radius 3 is 2.52 bits per heavy atom. The lowest BCUT2D eigenvalue weighted by Gasteiger charge is -2.25. The number of ether oxygens (including phenoxy) is 2. The topological polar surface area (TPSA) is 89.0 Å². The fourth-order valence-electron chi connectivity index (χ4n) is 3.29. The van der Waals surface area contributed by atoms with Crippen LogP contribution in [-0.2, 0) is 14.3 Å². The molecular weight excluding hydrogens is 372 g/mol. The van der Waals surface area contributed by atoms with Crippen LogP contribution < -0.4 is 4.74 Å². The van der Waals surface area contributed by atoms with Crippen LogP contribution in [0.1, 0.15) is 31.0 Å². The van der Waals surface area contributed by atoms with E-state index < -0.39 is 17.7 Å². The van der Waals surface area contributed by atoms with Crippen LogP contribution in [0.3, 0.4) is 0 Å². The molecule has 1 aromatic carbocycles. The summed E-state index contributed by atoms with van der Waals surface area (Å²) in [6, 6.07) is 9.42. The number of methoxy groups -OCH3 is 1. The Labute approximate surface area is 169 Å². The summed E-state index contributed by atoms with van der Waals surface area (Å²) in [5.41, 5.74) is 1.11. The largest absolute Gasteiger partial charge is 0.507 e. The predicted octanol–water partition coefficient (Wildman–Crippen LogP) is 2.94. The Kier molecular flexibility index (Phi) is 6.29. The molecule has 1 aliphatic heterocycles. The van der Waals surface area contributed by atoms with E-state index in [2.05, 4.69) is 4.98 Å². The molecule has 0 bridgehead atoms. The molecule has 2 heterocycles. The normalized spacial score (nSPS) is 18.5. The second-order valence-electron chi connectivity index (χ2n) is 6.93. The minimum Gasteiger partial charge on any atom is -0.507 e. The number of ketones is 1. The predicted molar refractivity (Wildman–Crippen MR) is 107 cm³/mol. The van der Waals surface area contributed by atoms with E-state index in [1.165, 1.54) is 4.90 Å². The molecule has 1 atom stereocenters. The van der Waals surface area contributed by atoms with E-state index in [1.54, 1.807) is 55.9 Å². The lowest BCUT2D eigenvalue weighted by atomic mass is 9.96. The number of hydrogen-bond acceptors (Lipinski definition) is 6. The monoisotopic (exact) mass is 396 g/mol. The van der Waals surface area contributed by atoms with Gasteiger partial charge in [0.05, 0.1) is 31.4 Å². The molecule has 1 aromatic heterocycles. The smallest absolute Gasteiger partial charge is 0.295 e. The number of aliphatic hydroxyl groups excluding tert-OH is 1. The van der Waals surface area contributed by atoms with Gasteiger partial charge in [-0.25, -0.2) is 0 Å². The number of amides is 1. The van der Waals surface area contributed by atoms with Crippen molar-refractivity contribution in [3.05, 3.63) is 65.5 Å². The van der Waals surface area contributed by atoms with E-state index in [4.69, 9.17) is 9.47 Å². The summed E-state index contributed by atoms with van der Waals surface area (Å²) in [5, 5.41) is 10.9. The first-order valence-electron chi connectivity index (χ1n) is 9.38. The highest BCUT2D eigenvalue weighted by Gasteiger charge is 2.46. The van der Waals surface area contributed by atoms with Crippen molar-refractivity contribution in [2.45, 2.75) is 26.0 Å². The molecule has 3 rings (SSSR count). The standard InChI is InChI=1S/C22H24N2O5/c1-14(2)29-12-11-24-19(16-5-4-10-23-13-16)18(21(26)22(24)27)20(25)15-6-8-17(28-3)9-7-15/h4-10,13-14,19,25H,11-12H2,1-3H3/b20-18-. The number of nitrogens with zero attached hydrogens (tertiary/aromatic N) is 2. The van der Waals surface area contributed by atoms with Crippen LogP contribution in [0.4, 0.5) is 0 Å². The SMILES string of the molecule is COc1ccc(/C(O)=C2/C(=O)C(=O)N(CCOC(C)C)C2c2cccnc2)cc1. The van der Waals surface area contributed by atoms with E-state index in [-0.39, 0.29) is 30.6 Å². The van der Waals surface area contributed by atoms with Gasteiger partial charge in [0.2, 0.25) is 0 Å². The summed E-state index contributed by atoms with van der Waals surface area (Å²) < 4.78 is 10.7. The van der Waals surface area contributed by atoms with Gasteiger partial charge in [-0.05, 0) is 49.7 Å². The Hall–Kier alpha value is -3.19. The van der Waals surface area contributed by atoms with Gasteiger partial charge in [-0.2, -0.15) is 0 Å². The third-order valence-corrected chi connectivity index (χ3v) is 4.69. The molecule has 1 N–H and O–H groups in total. The first-order chi connectivity index (χ1) is 13.9. The summed E-state index contributed by atoms with van der Waals surface area (Å²) in [5.74, 6) is -0.998. The minimum absolute atomic E-state index is 0.00274. The highest BCUT2D eigenvalue weighted by molar-refractivity contribution is 6.46. The molecule has 2 aromatic rings. The summed E-state index contributed by atoms with van der Waals surface area (Å²) in [6.45, 7) is 4.30. The Morgan fingerprint density at radius 1 is 1.21 bits per heavy atom. The van der Waals surface area contributed by atoms with Crippen LogP contribution in [0.15, 0.2) is 54.4 Å². The Balaban J connectivity index is 2.05. The zero-order chi connectivity index (χ0) is 21.0. The quantitative estimate of drug-likeness (QED) is 0.440. The second-order valence-corrected chi connectivity index (χ2v) is 6.93. The molecule has 1 fully saturated rings. The molecule has 29 heavy (non-hydrogen) atoms. The van der Waals surface area contributed by atoms with Crippen LogP contribution >= 0.6 is 0 Å². The van der Waals surface area contributed by atoms with Gasteiger partial charge in [-0.3, -0.25) is 14.6 Å². The third-order valence-electron chi connectivity index (χ3n) is 4.69. The summed E-state index contributed by atoms with van der Waals surface area (Å²) in [4.78, 5) is 31.1. The zero-order valence-electron chi connectivity index (χ0n) is 16.7. The number of likely N-dealkylation sites (tertiary alicyclic amines) is 1. The molecule has 1 aliphatic rings. The number of benzene rings is 1. The number of aliphatic hydroxyl groups is 1. The first-order valence-corrected chi connectivity index (χ1v) is 9.38. The van der Waals surface area contributed by atoms with Crippen LogP contribution in [0.25, 0.3) is 5.76 Å². The average molecular weight is 396 g/mol. The lowest BCUT2D eigenvalue weighted by molar-refractivity contribution is -0.140. The molecular formula is C22H24N2O5. The molecule has 7 heteroatoms. The highest BCUT2D eigenvalue weighted by atomic mass is 16.5. The van der Waals surface area contributed by atoms with E-state index in [1.807, 2.05) is 13.8 Å². The molecule has 1 amide bonds. The van der Waals surface area contributed by atoms with Crippen LogP contribution in [0, 0.1) is 0 Å². The van der Waals surface area contributed by atoms with Crippen LogP contribution in [0.2, 0.25) is 0 Å². The van der Waals surface area contributed by atoms with Crippen molar-refractivity contribution in [3.8, 4) is 5.75 Å². The number of carbonyl (C=O) groups excluding carboxylic acids is 2. The van der Waals surface area contributed by atoms with E-state index in [0.29, 0.717) is 16.9 Å². The number of rotatable bonds is 7. The van der Waals surface area contributed by atoms with Crippen molar-refractivity contribution in [2.75, 3.05) is 20.3 Å². The van der Waals surface area contributed by atoms with Crippen molar-refractivity contribution in [1.82, 2.24) is 9.88 Å². The average Bonchev–Trinajstić information content (AvgIpc) is 2.98. The molecule has 1 saturated heterocycles. The van der Waals surface area contributed by atoms with E-state index >= 15 is 0 Å². The maximum atomic E-state index is 12.8. The van der Waals surface area contributed by atoms with E-state index in [9.17, 15) is 14.7 Å². The van der Waals surface area contributed by atoms with Gasteiger partial charge in [0.1, 0.15) is 11.5 Å². The van der Waals surface area contributed by atoms with Crippen molar-refractivity contribution in [3.63, 3.8) is 0 Å². The van der Waals surface area contributed by atoms with Gasteiger partial charge >= 0.3 is 0 Å². The van der Waals surface area contributed by atoms with Crippen molar-refractivity contribution >= 4 is 17.4 Å². The van der Waals surface area contributed by atoms with Gasteiger partial charge in [0.25, 0.3) is 11.7 Å². The van der Waals surface area contributed by atoms with Crippen LogP contribution in [-0.4, -0.2) is 53.0 Å². The fraction of sp³-hybridized carbons (Fsp3) is 0.318. The third kappa shape index (κ3) is 4.30. The number of hydrogen-bond donors (Lipinski definition) is 1. The molecule has 0 saturated carbocycles. The maximum Gasteiger partial charge on any atom is 0.295 e. The molecule has 0 spiro atoms. The van der Waals surface area contributed by atoms with Crippen molar-refractivity contribution in [2.24, 2.45) is 0 Å². The van der Waals surface area contributed by atoms with Gasteiger partial charge < -0.3 is 19.5 Å². The summed E-state index contributed by atoms with van der Waals surface area (Å²) in [7, 11) is 1.54. The summed E-state index contributed by atoms with van der Waals surface area (Å²) in [6.07, 6.45) is 3.21. The minimum atomic E-state index is -0.735. The van der Waals surface area contributed by atoms with Crippen molar-refractivity contribution in [1.29, 1.82) is 0 Å². The van der Waals surface area contributed by atoms with E-state index in [0.717, 1.165) is 0 Å². The van der Waals surface area contributed by atoms with Crippen molar-refractivity contribution < 1.29 is 24.2 Å². The zero-order valence-corrected chi connectivity index (χ0v) is 16.7. The lowest BCUT2D eigenvalue weighted by Crippen LogP contribution is -2.33.